The zero-order valence-corrected chi connectivity index (χ0v) is 7.71. The quantitative estimate of drug-likeness (QED) is 0.252. The number of hydrogen-bond donors (Lipinski definition) is 2. The average Bonchev–Trinajstić information content (AvgIpc) is 2.10. The van der Waals surface area contributed by atoms with Crippen LogP contribution in [0.3, 0.4) is 0 Å². The zero-order chi connectivity index (χ0) is 9.07. The van der Waals surface area contributed by atoms with Gasteiger partial charge in [0.2, 0.25) is 0 Å². The van der Waals surface area contributed by atoms with Gasteiger partial charge in [0.05, 0.1) is 6.54 Å². The van der Waals surface area contributed by atoms with Crippen LogP contribution in [0.25, 0.3) is 0 Å². The molecule has 0 rings (SSSR count). The number of rotatable bonds is 8. The normalized spacial score (nSPS) is 11.1. The van der Waals surface area contributed by atoms with Crippen molar-refractivity contribution in [1.82, 2.24) is 0 Å². The Balaban J connectivity index is 2.81. The molecule has 0 bridgehead atoms. The van der Waals surface area contributed by atoms with Gasteiger partial charge in [0.25, 0.3) is 0 Å². The Labute approximate surface area is 74.4 Å². The Bertz CT molecular complexity index is 103. The molecule has 0 aliphatic heterocycles. The molecule has 0 saturated heterocycles. The van der Waals surface area contributed by atoms with Gasteiger partial charge in [-0.2, -0.15) is 5.11 Å². The molecule has 0 aromatic heterocycles. The van der Waals surface area contributed by atoms with E-state index in [1.165, 1.54) is 25.7 Å². The lowest BCUT2D eigenvalue weighted by Gasteiger charge is -1.97. The summed E-state index contributed by atoms with van der Waals surface area (Å²) < 4.78 is 0. The zero-order valence-electron chi connectivity index (χ0n) is 7.71. The van der Waals surface area contributed by atoms with Crippen molar-refractivity contribution in [2.45, 2.75) is 38.5 Å². The van der Waals surface area contributed by atoms with Gasteiger partial charge < -0.3 is 11.6 Å². The number of unbranched alkanes of at least 4 members (excludes halogenated alkanes) is 5. The van der Waals surface area contributed by atoms with Gasteiger partial charge >= 0.3 is 0 Å². The van der Waals surface area contributed by atoms with Crippen LogP contribution >= 0.6 is 0 Å². The van der Waals surface area contributed by atoms with Crippen molar-refractivity contribution in [3.05, 3.63) is 0 Å². The molecule has 4 N–H and O–H groups in total. The van der Waals surface area contributed by atoms with Crippen molar-refractivity contribution in [2.75, 3.05) is 13.1 Å². The molecule has 0 aliphatic rings. The van der Waals surface area contributed by atoms with E-state index in [0.717, 1.165) is 25.9 Å². The van der Waals surface area contributed by atoms with E-state index in [1.807, 2.05) is 0 Å². The maximum Gasteiger partial charge on any atom is 0.0620 e. The molecule has 12 heavy (non-hydrogen) atoms. The summed E-state index contributed by atoms with van der Waals surface area (Å²) in [5.41, 5.74) is 5.37. The van der Waals surface area contributed by atoms with E-state index >= 15 is 0 Å². The van der Waals surface area contributed by atoms with Crippen molar-refractivity contribution in [2.24, 2.45) is 21.9 Å². The maximum absolute atomic E-state index is 5.37. The van der Waals surface area contributed by atoms with Crippen LogP contribution < -0.4 is 11.6 Å². The summed E-state index contributed by atoms with van der Waals surface area (Å²) in [4.78, 5) is 0. The van der Waals surface area contributed by atoms with Crippen molar-refractivity contribution < 1.29 is 0 Å². The van der Waals surface area contributed by atoms with Crippen LogP contribution in [0.15, 0.2) is 10.3 Å². The number of nitrogens with two attached hydrogens (primary N) is 2. The highest BCUT2D eigenvalue weighted by atomic mass is 15.3. The Morgan fingerprint density at radius 3 is 2.00 bits per heavy atom. The van der Waals surface area contributed by atoms with Crippen LogP contribution in [-0.4, -0.2) is 13.1 Å². The molecule has 0 saturated carbocycles. The van der Waals surface area contributed by atoms with Gasteiger partial charge in [0.1, 0.15) is 0 Å². The minimum atomic E-state index is 0.771. The van der Waals surface area contributed by atoms with Crippen LogP contribution in [-0.2, 0) is 0 Å². The minimum absolute atomic E-state index is 0.771. The van der Waals surface area contributed by atoms with Crippen LogP contribution in [0.5, 0.6) is 0 Å². The molecule has 4 heteroatoms. The van der Waals surface area contributed by atoms with Crippen molar-refractivity contribution in [1.29, 1.82) is 0 Å². The molecule has 0 radical (unpaired) electrons. The first-order valence-electron chi connectivity index (χ1n) is 4.68. The molecule has 72 valence electrons. The summed E-state index contributed by atoms with van der Waals surface area (Å²) in [5.74, 6) is 4.85. The first-order valence-corrected chi connectivity index (χ1v) is 4.68. The molecule has 0 heterocycles. The van der Waals surface area contributed by atoms with Crippen LogP contribution in [0.4, 0.5) is 0 Å². The van der Waals surface area contributed by atoms with Crippen molar-refractivity contribution >= 4 is 0 Å². The number of hydrogen-bond acceptors (Lipinski definition) is 3. The highest BCUT2D eigenvalue weighted by molar-refractivity contribution is 4.46. The van der Waals surface area contributed by atoms with E-state index < -0.39 is 0 Å². The smallest absolute Gasteiger partial charge is 0.0620 e. The lowest BCUT2D eigenvalue weighted by molar-refractivity contribution is 0.597. The average molecular weight is 172 g/mol. The summed E-state index contributed by atoms with van der Waals surface area (Å²) in [6.45, 7) is 1.59. The molecule has 0 aromatic rings. The molecular formula is C8H20N4. The Morgan fingerprint density at radius 2 is 1.42 bits per heavy atom. The maximum atomic E-state index is 5.37. The number of nitrogens with zero attached hydrogens (tertiary/aromatic N) is 2. The third kappa shape index (κ3) is 9.36. The lowest BCUT2D eigenvalue weighted by Crippen LogP contribution is -1.97. The highest BCUT2D eigenvalue weighted by Gasteiger charge is 1.89. The first-order chi connectivity index (χ1) is 5.91. The van der Waals surface area contributed by atoms with E-state index in [9.17, 15) is 0 Å². The van der Waals surface area contributed by atoms with E-state index in [1.54, 1.807) is 0 Å². The third-order valence-corrected chi connectivity index (χ3v) is 1.79. The van der Waals surface area contributed by atoms with Crippen LogP contribution in [0.2, 0.25) is 0 Å². The summed E-state index contributed by atoms with van der Waals surface area (Å²) in [6.07, 6.45) is 7.31. The van der Waals surface area contributed by atoms with E-state index in [4.69, 9.17) is 11.6 Å². The van der Waals surface area contributed by atoms with Gasteiger partial charge in [-0.3, -0.25) is 0 Å². The van der Waals surface area contributed by atoms with Gasteiger partial charge in [0, 0.05) is 0 Å². The molecule has 4 nitrogen and oxygen atoms in total. The summed E-state index contributed by atoms with van der Waals surface area (Å²) in [7, 11) is 0. The fraction of sp³-hybridized carbons (Fsp3) is 1.00. The van der Waals surface area contributed by atoms with Crippen molar-refractivity contribution in [3.8, 4) is 0 Å². The predicted molar refractivity (Wildman–Crippen MR) is 50.7 cm³/mol. The monoisotopic (exact) mass is 172 g/mol. The van der Waals surface area contributed by atoms with E-state index in [-0.39, 0.29) is 0 Å². The predicted octanol–water partition coefficient (Wildman–Crippen LogP) is 1.61. The van der Waals surface area contributed by atoms with Crippen molar-refractivity contribution in [3.63, 3.8) is 0 Å². The van der Waals surface area contributed by atoms with Gasteiger partial charge in [0.15, 0.2) is 0 Å². The Hall–Kier alpha value is -0.640. The molecule has 0 fully saturated rings. The van der Waals surface area contributed by atoms with Crippen LogP contribution in [0, 0.1) is 0 Å². The minimum Gasteiger partial charge on any atom is -0.330 e. The largest absolute Gasteiger partial charge is 0.330 e. The van der Waals surface area contributed by atoms with Gasteiger partial charge in [-0.25, -0.2) is 0 Å². The Morgan fingerprint density at radius 1 is 0.833 bits per heavy atom. The Kier molecular flexibility index (Phi) is 9.81. The molecular weight excluding hydrogens is 152 g/mol. The second-order valence-electron chi connectivity index (χ2n) is 2.89. The molecule has 0 aliphatic carbocycles. The summed E-state index contributed by atoms with van der Waals surface area (Å²) in [6, 6.07) is 0. The summed E-state index contributed by atoms with van der Waals surface area (Å²) in [5, 5.41) is 6.88. The van der Waals surface area contributed by atoms with E-state index in [0.29, 0.717) is 0 Å². The van der Waals surface area contributed by atoms with E-state index in [2.05, 4.69) is 10.3 Å². The third-order valence-electron chi connectivity index (χ3n) is 1.79. The molecule has 0 aromatic carbocycles. The topological polar surface area (TPSA) is 76.8 Å². The molecule has 0 spiro atoms. The van der Waals surface area contributed by atoms with Gasteiger partial charge in [-0.1, -0.05) is 30.9 Å². The molecule has 0 unspecified atom stereocenters. The second kappa shape index (κ2) is 10.4. The standard InChI is InChI=1S/C8H20N4/c9-7-5-3-1-2-4-6-8-11-12-10/h1-9H2,(H2,10,11). The second-order valence-corrected chi connectivity index (χ2v) is 2.89. The highest BCUT2D eigenvalue weighted by Crippen LogP contribution is 2.04. The fourth-order valence-electron chi connectivity index (χ4n) is 1.09. The molecule has 0 atom stereocenters. The first kappa shape index (κ1) is 11.4. The molecule has 0 amide bonds. The van der Waals surface area contributed by atoms with Gasteiger partial charge in [-0.05, 0) is 19.4 Å². The van der Waals surface area contributed by atoms with Crippen LogP contribution in [0.1, 0.15) is 38.5 Å². The lowest BCUT2D eigenvalue weighted by atomic mass is 10.1. The summed E-state index contributed by atoms with van der Waals surface area (Å²) >= 11 is 0. The van der Waals surface area contributed by atoms with Gasteiger partial charge in [-0.15, -0.1) is 0 Å². The SMILES string of the molecule is NCCCCCCCCN=NN. The fourth-order valence-corrected chi connectivity index (χ4v) is 1.09.